The fraction of sp³-hybridized carbons (Fsp3) is 0.389. The maximum absolute atomic E-state index is 12.5. The van der Waals surface area contributed by atoms with E-state index in [0.29, 0.717) is 18.0 Å². The molecule has 1 N–H and O–H groups in total. The van der Waals surface area contributed by atoms with Gasteiger partial charge in [0.25, 0.3) is 0 Å². The van der Waals surface area contributed by atoms with Crippen LogP contribution in [0.3, 0.4) is 0 Å². The molecule has 1 aliphatic rings. The van der Waals surface area contributed by atoms with Crippen LogP contribution in [0.2, 0.25) is 5.02 Å². The van der Waals surface area contributed by atoms with Crippen molar-refractivity contribution in [3.05, 3.63) is 47.5 Å². The standard InChI is InChI=1S/C18H20ClN5O/c19-14-10-20-24(12-14)9-7-17(25)23-8-3-4-13(11-23)18-21-15-5-1-2-6-16(15)22-18/h1-2,5-6,10,12-13H,3-4,7-9,11H2,(H,21,22)/t13-/m0/s1. The monoisotopic (exact) mass is 357 g/mol. The van der Waals surface area contributed by atoms with Crippen LogP contribution < -0.4 is 0 Å². The predicted molar refractivity (Wildman–Crippen MR) is 96.5 cm³/mol. The van der Waals surface area contributed by atoms with Crippen LogP contribution in [0.1, 0.15) is 31.0 Å². The number of carbonyl (C=O) groups is 1. The number of halogens is 1. The van der Waals surface area contributed by atoms with Gasteiger partial charge in [-0.05, 0) is 25.0 Å². The molecule has 1 fully saturated rings. The lowest BCUT2D eigenvalue weighted by molar-refractivity contribution is -0.132. The summed E-state index contributed by atoms with van der Waals surface area (Å²) >= 11 is 5.86. The number of fused-ring (bicyclic) bond motifs is 1. The molecule has 1 aliphatic heterocycles. The number of piperidine rings is 1. The lowest BCUT2D eigenvalue weighted by atomic mass is 9.97. The van der Waals surface area contributed by atoms with Gasteiger partial charge in [-0.2, -0.15) is 5.10 Å². The van der Waals surface area contributed by atoms with Gasteiger partial charge >= 0.3 is 0 Å². The maximum atomic E-state index is 12.5. The summed E-state index contributed by atoms with van der Waals surface area (Å²) in [5.41, 5.74) is 2.04. The Morgan fingerprint density at radius 1 is 1.36 bits per heavy atom. The summed E-state index contributed by atoms with van der Waals surface area (Å²) in [6, 6.07) is 8.04. The van der Waals surface area contributed by atoms with Crippen LogP contribution in [0.4, 0.5) is 0 Å². The average Bonchev–Trinajstić information content (AvgIpc) is 3.25. The number of nitrogens with zero attached hydrogens (tertiary/aromatic N) is 4. The molecule has 7 heteroatoms. The molecule has 25 heavy (non-hydrogen) atoms. The normalized spacial score (nSPS) is 18.0. The van der Waals surface area contributed by atoms with Gasteiger partial charge < -0.3 is 9.88 Å². The molecule has 1 saturated heterocycles. The molecular formula is C18H20ClN5O. The van der Waals surface area contributed by atoms with Crippen molar-refractivity contribution in [3.8, 4) is 0 Å². The van der Waals surface area contributed by atoms with E-state index in [1.165, 1.54) is 0 Å². The van der Waals surface area contributed by atoms with E-state index in [4.69, 9.17) is 16.6 Å². The van der Waals surface area contributed by atoms with E-state index in [2.05, 4.69) is 10.1 Å². The third kappa shape index (κ3) is 3.54. The highest BCUT2D eigenvalue weighted by molar-refractivity contribution is 6.30. The highest BCUT2D eigenvalue weighted by atomic mass is 35.5. The van der Waals surface area contributed by atoms with E-state index in [1.54, 1.807) is 17.1 Å². The van der Waals surface area contributed by atoms with Gasteiger partial charge in [-0.3, -0.25) is 9.48 Å². The first-order chi connectivity index (χ1) is 12.2. The minimum atomic E-state index is 0.160. The highest BCUT2D eigenvalue weighted by Gasteiger charge is 2.26. The summed E-state index contributed by atoms with van der Waals surface area (Å²) in [4.78, 5) is 22.6. The van der Waals surface area contributed by atoms with Gasteiger partial charge in [0.15, 0.2) is 0 Å². The quantitative estimate of drug-likeness (QED) is 0.779. The first-order valence-electron chi connectivity index (χ1n) is 8.59. The molecule has 0 radical (unpaired) electrons. The van der Waals surface area contributed by atoms with Gasteiger partial charge in [-0.1, -0.05) is 23.7 Å². The third-order valence-corrected chi connectivity index (χ3v) is 4.92. The Morgan fingerprint density at radius 3 is 3.04 bits per heavy atom. The van der Waals surface area contributed by atoms with Gasteiger partial charge in [0.1, 0.15) is 5.82 Å². The number of hydrogen-bond acceptors (Lipinski definition) is 3. The van der Waals surface area contributed by atoms with Crippen molar-refractivity contribution in [2.45, 2.75) is 31.7 Å². The zero-order chi connectivity index (χ0) is 17.2. The molecule has 0 aliphatic carbocycles. The van der Waals surface area contributed by atoms with Crippen molar-refractivity contribution in [2.24, 2.45) is 0 Å². The fourth-order valence-electron chi connectivity index (χ4n) is 3.42. The molecule has 2 aromatic heterocycles. The Morgan fingerprint density at radius 2 is 2.24 bits per heavy atom. The van der Waals surface area contributed by atoms with Crippen LogP contribution >= 0.6 is 11.6 Å². The minimum Gasteiger partial charge on any atom is -0.342 e. The molecule has 4 rings (SSSR count). The van der Waals surface area contributed by atoms with E-state index < -0.39 is 0 Å². The second-order valence-electron chi connectivity index (χ2n) is 6.49. The smallest absolute Gasteiger partial charge is 0.224 e. The number of carbonyl (C=O) groups excluding carboxylic acids is 1. The van der Waals surface area contributed by atoms with Crippen molar-refractivity contribution >= 4 is 28.5 Å². The summed E-state index contributed by atoms with van der Waals surface area (Å²) < 4.78 is 1.71. The van der Waals surface area contributed by atoms with Crippen LogP contribution in [0, 0.1) is 0 Å². The van der Waals surface area contributed by atoms with Crippen molar-refractivity contribution in [1.29, 1.82) is 0 Å². The lowest BCUT2D eigenvalue weighted by Crippen LogP contribution is -2.39. The number of aromatic nitrogens is 4. The van der Waals surface area contributed by atoms with E-state index in [9.17, 15) is 4.79 Å². The van der Waals surface area contributed by atoms with Gasteiger partial charge in [0.2, 0.25) is 5.91 Å². The summed E-state index contributed by atoms with van der Waals surface area (Å²) in [6.07, 6.45) is 5.82. The number of likely N-dealkylation sites (tertiary alicyclic amines) is 1. The number of aryl methyl sites for hydroxylation is 1. The van der Waals surface area contributed by atoms with E-state index >= 15 is 0 Å². The number of amides is 1. The van der Waals surface area contributed by atoms with Crippen molar-refractivity contribution in [2.75, 3.05) is 13.1 Å². The van der Waals surface area contributed by atoms with Gasteiger partial charge in [-0.25, -0.2) is 4.98 Å². The molecule has 0 spiro atoms. The fourth-order valence-corrected chi connectivity index (χ4v) is 3.58. The summed E-state index contributed by atoms with van der Waals surface area (Å²) in [7, 11) is 0. The molecule has 6 nitrogen and oxygen atoms in total. The van der Waals surface area contributed by atoms with E-state index in [-0.39, 0.29) is 11.8 Å². The maximum Gasteiger partial charge on any atom is 0.224 e. The van der Waals surface area contributed by atoms with Crippen molar-refractivity contribution < 1.29 is 4.79 Å². The predicted octanol–water partition coefficient (Wildman–Crippen LogP) is 3.21. The van der Waals surface area contributed by atoms with Crippen LogP contribution in [0.25, 0.3) is 11.0 Å². The van der Waals surface area contributed by atoms with E-state index in [1.807, 2.05) is 29.2 Å². The summed E-state index contributed by atoms with van der Waals surface area (Å²) in [6.45, 7) is 2.09. The minimum absolute atomic E-state index is 0.160. The molecule has 3 heterocycles. The number of rotatable bonds is 4. The first kappa shape index (κ1) is 16.1. The van der Waals surface area contributed by atoms with Crippen LogP contribution in [0.5, 0.6) is 0 Å². The highest BCUT2D eigenvalue weighted by Crippen LogP contribution is 2.27. The van der Waals surface area contributed by atoms with Crippen molar-refractivity contribution in [1.82, 2.24) is 24.6 Å². The van der Waals surface area contributed by atoms with Crippen LogP contribution in [-0.2, 0) is 11.3 Å². The number of para-hydroxylation sites is 2. The van der Waals surface area contributed by atoms with Crippen LogP contribution in [-0.4, -0.2) is 43.6 Å². The van der Waals surface area contributed by atoms with Gasteiger partial charge in [0, 0.05) is 38.2 Å². The number of H-pyrrole nitrogens is 1. The zero-order valence-corrected chi connectivity index (χ0v) is 14.6. The topological polar surface area (TPSA) is 66.8 Å². The third-order valence-electron chi connectivity index (χ3n) is 4.72. The number of aromatic amines is 1. The molecule has 0 bridgehead atoms. The Hall–Kier alpha value is -2.34. The molecule has 0 unspecified atom stereocenters. The lowest BCUT2D eigenvalue weighted by Gasteiger charge is -2.32. The molecular weight excluding hydrogens is 338 g/mol. The van der Waals surface area contributed by atoms with E-state index in [0.717, 1.165) is 42.8 Å². The second-order valence-corrected chi connectivity index (χ2v) is 6.93. The number of hydrogen-bond donors (Lipinski definition) is 1. The summed E-state index contributed by atoms with van der Waals surface area (Å²) in [5.74, 6) is 1.41. The molecule has 0 saturated carbocycles. The molecule has 3 aromatic rings. The Bertz CT molecular complexity index is 853. The Kier molecular flexibility index (Phi) is 4.44. The number of imidazole rings is 1. The number of nitrogens with one attached hydrogen (secondary N) is 1. The van der Waals surface area contributed by atoms with Gasteiger partial charge in [-0.15, -0.1) is 0 Å². The summed E-state index contributed by atoms with van der Waals surface area (Å²) in [5, 5.41) is 4.71. The van der Waals surface area contributed by atoms with Crippen LogP contribution in [0.15, 0.2) is 36.7 Å². The average molecular weight is 358 g/mol. The first-order valence-corrected chi connectivity index (χ1v) is 8.97. The molecule has 130 valence electrons. The molecule has 1 atom stereocenters. The van der Waals surface area contributed by atoms with Gasteiger partial charge in [0.05, 0.1) is 22.3 Å². The SMILES string of the molecule is O=C(CCn1cc(Cl)cn1)N1CCC[C@H](c2nc3ccccc3[nH]2)C1. The zero-order valence-electron chi connectivity index (χ0n) is 13.9. The van der Waals surface area contributed by atoms with Crippen molar-refractivity contribution in [3.63, 3.8) is 0 Å². The largest absolute Gasteiger partial charge is 0.342 e. The molecule has 1 aromatic carbocycles. The Labute approximate surface area is 150 Å². The number of benzene rings is 1. The molecule has 1 amide bonds. The Balaban J connectivity index is 1.40. The second kappa shape index (κ2) is 6.88.